The summed E-state index contributed by atoms with van der Waals surface area (Å²) in [6.45, 7) is 0. The third kappa shape index (κ3) is 82.4. The van der Waals surface area contributed by atoms with Crippen LogP contribution in [0.3, 0.4) is 0 Å². The van der Waals surface area contributed by atoms with Gasteiger partial charge >= 0.3 is 37.7 Å². The third-order valence-corrected chi connectivity index (χ3v) is 0. The topological polar surface area (TPSA) is 158 Å². The van der Waals surface area contributed by atoms with Gasteiger partial charge < -0.3 is 30.2 Å². The minimum absolute atomic E-state index is 0. The Hall–Kier alpha value is 1.77. The fourth-order valence-electron chi connectivity index (χ4n) is 0. The van der Waals surface area contributed by atoms with Crippen molar-refractivity contribution in [2.75, 3.05) is 0 Å². The molecule has 0 aliphatic rings. The molecule has 0 heterocycles. The second-order valence-corrected chi connectivity index (χ2v) is 0. The first-order chi connectivity index (χ1) is 0. The Morgan fingerprint density at radius 2 is 0.571 bits per heavy atom. The van der Waals surface area contributed by atoms with E-state index < -0.39 is 0 Å². The van der Waals surface area contributed by atoms with E-state index in [4.69, 9.17) is 0 Å². The van der Waals surface area contributed by atoms with Gasteiger partial charge in [0.05, 0.1) is 0 Å². The van der Waals surface area contributed by atoms with Gasteiger partial charge in [-0.3, -0.25) is 0 Å². The molecule has 0 aliphatic carbocycles. The molecule has 0 bridgehead atoms. The summed E-state index contributed by atoms with van der Waals surface area (Å²) in [7, 11) is 0. The molecule has 0 aromatic carbocycles. The Morgan fingerprint density at radius 3 is 0.571 bits per heavy atom. The fourth-order valence-corrected chi connectivity index (χ4v) is 0. The Balaban J connectivity index is 0. The molecular weight excluding hydrogens is 168 g/mol. The van der Waals surface area contributed by atoms with Crippen LogP contribution in [0.1, 0.15) is 2.85 Å². The van der Waals surface area contributed by atoms with Crippen molar-refractivity contribution in [2.45, 2.75) is 0 Å². The number of rotatable bonds is 0. The first-order valence-electron chi connectivity index (χ1n) is 0. The monoisotopic (exact) mass is 180 g/mol. The largest absolute Gasteiger partial charge is 2.00 e. The summed E-state index contributed by atoms with van der Waals surface area (Å²) in [6.07, 6.45) is 0. The molecule has 0 aromatic rings. The van der Waals surface area contributed by atoms with Crippen molar-refractivity contribution in [2.24, 2.45) is 0 Å². The zero-order valence-electron chi connectivity index (χ0n) is 5.71. The zero-order chi connectivity index (χ0) is 0. The minimum Gasteiger partial charge on any atom is -1.00 e. The van der Waals surface area contributed by atoms with Crippen molar-refractivity contribution < 1.29 is 52.0 Å². The molecule has 10 N–H and O–H groups in total. The van der Waals surface area contributed by atoms with Gasteiger partial charge in [0, 0.05) is 21.7 Å². The summed E-state index contributed by atoms with van der Waals surface area (Å²) in [4.78, 5) is 0. The molecule has 0 atom stereocenters. The van der Waals surface area contributed by atoms with Gasteiger partial charge in [0.25, 0.3) is 0 Å². The second-order valence-electron chi connectivity index (χ2n) is 0. The van der Waals surface area contributed by atoms with Crippen LogP contribution in [0.15, 0.2) is 0 Å². The van der Waals surface area contributed by atoms with Gasteiger partial charge in [-0.2, -0.15) is 0 Å². The first kappa shape index (κ1) is 168. The van der Waals surface area contributed by atoms with Crippen LogP contribution in [0.2, 0.25) is 0 Å². The molecule has 5 nitrogen and oxygen atoms in total. The van der Waals surface area contributed by atoms with Crippen LogP contribution >= 0.6 is 0 Å². The van der Waals surface area contributed by atoms with Crippen LogP contribution in [0, 0.1) is 0 Å². The molecule has 48 valence electrons. The molecule has 0 aromatic heterocycles. The van der Waals surface area contributed by atoms with E-state index >= 15 is 0 Å². The van der Waals surface area contributed by atoms with Crippen LogP contribution in [0.5, 0.6) is 0 Å². The SMILES string of the molecule is O.O.O.O.O.[Ca+2].[H-].[H-].[Ti]. The average molecular weight is 180 g/mol. The van der Waals surface area contributed by atoms with Crippen LogP contribution in [-0.2, 0) is 21.7 Å². The van der Waals surface area contributed by atoms with E-state index in [-0.39, 0.29) is 89.7 Å². The van der Waals surface area contributed by atoms with Crippen LogP contribution in [0.25, 0.3) is 0 Å². The standard InChI is InChI=1S/Ca.5H2O.Ti.2H/h;5*1H2;;;/q+2;;;;;;;2*-1. The molecule has 0 spiro atoms. The van der Waals surface area contributed by atoms with Crippen molar-refractivity contribution in [1.29, 1.82) is 0 Å². The van der Waals surface area contributed by atoms with Crippen molar-refractivity contribution in [3.63, 3.8) is 0 Å². The van der Waals surface area contributed by atoms with Crippen molar-refractivity contribution in [3.05, 3.63) is 0 Å². The summed E-state index contributed by atoms with van der Waals surface area (Å²) in [5.74, 6) is 0. The van der Waals surface area contributed by atoms with Crippen LogP contribution < -0.4 is 0 Å². The van der Waals surface area contributed by atoms with Gasteiger partial charge in [-0.15, -0.1) is 0 Å². The van der Waals surface area contributed by atoms with E-state index in [2.05, 4.69) is 0 Å². The molecular formula is H12CaO5Ti. The van der Waals surface area contributed by atoms with Gasteiger partial charge in [0.1, 0.15) is 0 Å². The van der Waals surface area contributed by atoms with Crippen LogP contribution in [0.4, 0.5) is 0 Å². The third-order valence-electron chi connectivity index (χ3n) is 0. The predicted molar refractivity (Wildman–Crippen MR) is 26.0 cm³/mol. The Bertz CT molecular complexity index is 14.9. The van der Waals surface area contributed by atoms with Crippen LogP contribution in [-0.4, -0.2) is 65.1 Å². The van der Waals surface area contributed by atoms with E-state index in [1.54, 1.807) is 0 Å². The zero-order valence-corrected chi connectivity index (χ0v) is 7.48. The molecule has 0 radical (unpaired) electrons. The quantitative estimate of drug-likeness (QED) is 0.330. The Kier molecular flexibility index (Phi) is 2730. The van der Waals surface area contributed by atoms with Gasteiger partial charge in [-0.05, 0) is 0 Å². The maximum atomic E-state index is 0. The second kappa shape index (κ2) is 113. The Morgan fingerprint density at radius 1 is 0.571 bits per heavy atom. The molecule has 0 fully saturated rings. The smallest absolute Gasteiger partial charge is 1.00 e. The van der Waals surface area contributed by atoms with Crippen molar-refractivity contribution in [3.8, 4) is 0 Å². The molecule has 7 heteroatoms. The summed E-state index contributed by atoms with van der Waals surface area (Å²) < 4.78 is 0. The molecule has 0 unspecified atom stereocenters. The number of hydrogen-bond donors (Lipinski definition) is 0. The van der Waals surface area contributed by atoms with Crippen molar-refractivity contribution in [1.82, 2.24) is 0 Å². The van der Waals surface area contributed by atoms with E-state index in [9.17, 15) is 0 Å². The molecule has 0 saturated carbocycles. The molecule has 0 aliphatic heterocycles. The summed E-state index contributed by atoms with van der Waals surface area (Å²) >= 11 is 0. The van der Waals surface area contributed by atoms with Gasteiger partial charge in [-0.25, -0.2) is 0 Å². The molecule has 0 rings (SSSR count). The normalized spacial score (nSPS) is 0. The van der Waals surface area contributed by atoms with E-state index in [1.165, 1.54) is 0 Å². The fraction of sp³-hybridized carbons (Fsp3) is 0. The van der Waals surface area contributed by atoms with Gasteiger partial charge in [0.15, 0.2) is 0 Å². The summed E-state index contributed by atoms with van der Waals surface area (Å²) in [5, 5.41) is 0. The average Bonchev–Trinajstić information content (AvgIpc) is 0. The molecule has 0 amide bonds. The van der Waals surface area contributed by atoms with Gasteiger partial charge in [0.2, 0.25) is 0 Å². The maximum absolute atomic E-state index is 0. The van der Waals surface area contributed by atoms with E-state index in [0.29, 0.717) is 0 Å². The minimum atomic E-state index is 0. The molecule has 7 heavy (non-hydrogen) atoms. The summed E-state index contributed by atoms with van der Waals surface area (Å²) in [6, 6.07) is 0. The Labute approximate surface area is 88.9 Å². The maximum Gasteiger partial charge on any atom is 2.00 e. The number of hydrogen-bond acceptors (Lipinski definition) is 0. The molecule has 0 saturated heterocycles. The van der Waals surface area contributed by atoms with E-state index in [0.717, 1.165) is 0 Å². The van der Waals surface area contributed by atoms with E-state index in [1.807, 2.05) is 0 Å². The van der Waals surface area contributed by atoms with Gasteiger partial charge in [-0.1, -0.05) is 0 Å². The first-order valence-corrected chi connectivity index (χ1v) is 0. The van der Waals surface area contributed by atoms with Crippen molar-refractivity contribution >= 4 is 37.7 Å². The predicted octanol–water partition coefficient (Wildman–Crippen LogP) is -4.28. The summed E-state index contributed by atoms with van der Waals surface area (Å²) in [5.41, 5.74) is 0.